The van der Waals surface area contributed by atoms with E-state index in [1.54, 1.807) is 0 Å². The van der Waals surface area contributed by atoms with Crippen LogP contribution in [-0.2, 0) is 6.42 Å². The Morgan fingerprint density at radius 3 is 2.81 bits per heavy atom. The van der Waals surface area contributed by atoms with Crippen LogP contribution in [0.25, 0.3) is 0 Å². The van der Waals surface area contributed by atoms with E-state index in [1.165, 1.54) is 0 Å². The van der Waals surface area contributed by atoms with E-state index in [2.05, 4.69) is 41.0 Å². The molecule has 21 heavy (non-hydrogen) atoms. The van der Waals surface area contributed by atoms with Crippen LogP contribution in [0.2, 0.25) is 0 Å². The van der Waals surface area contributed by atoms with Gasteiger partial charge in [0.15, 0.2) is 5.82 Å². The third kappa shape index (κ3) is 3.14. The van der Waals surface area contributed by atoms with E-state index in [9.17, 15) is 5.11 Å². The summed E-state index contributed by atoms with van der Waals surface area (Å²) in [5.41, 5.74) is 1.16. The molecule has 0 amide bonds. The number of aliphatic hydroxyl groups is 1. The minimum absolute atomic E-state index is 0.0250. The van der Waals surface area contributed by atoms with Gasteiger partial charge in [-0.15, -0.1) is 0 Å². The van der Waals surface area contributed by atoms with Crippen LogP contribution in [0.3, 0.4) is 0 Å². The molecule has 3 rings (SSSR count). The molecule has 1 aliphatic rings. The molecule has 0 radical (unpaired) electrons. The Kier molecular flexibility index (Phi) is 4.03. The number of hydrogen-bond donors (Lipinski definition) is 1. The molecule has 1 N–H and O–H groups in total. The number of rotatable bonds is 4. The van der Waals surface area contributed by atoms with E-state index in [1.807, 2.05) is 18.2 Å². The lowest BCUT2D eigenvalue weighted by Gasteiger charge is -2.25. The maximum Gasteiger partial charge on any atom is 0.244 e. The van der Waals surface area contributed by atoms with Crippen LogP contribution in [0.1, 0.15) is 43.6 Å². The minimum atomic E-state index is -0.318. The maximum absolute atomic E-state index is 9.89. The Bertz CT molecular complexity index is 582. The van der Waals surface area contributed by atoms with E-state index < -0.39 is 0 Å². The van der Waals surface area contributed by atoms with Crippen LogP contribution in [0, 0.1) is 0 Å². The zero-order chi connectivity index (χ0) is 14.8. The van der Waals surface area contributed by atoms with E-state index in [4.69, 9.17) is 4.52 Å². The van der Waals surface area contributed by atoms with Crippen molar-refractivity contribution in [2.75, 3.05) is 6.54 Å². The molecular formula is C16H21N3O2. The molecule has 0 bridgehead atoms. The summed E-state index contributed by atoms with van der Waals surface area (Å²) in [6.45, 7) is 4.90. The van der Waals surface area contributed by atoms with Gasteiger partial charge in [-0.25, -0.2) is 0 Å². The maximum atomic E-state index is 9.89. The molecule has 1 aliphatic heterocycles. The molecule has 1 saturated heterocycles. The van der Waals surface area contributed by atoms with Gasteiger partial charge in [0, 0.05) is 19.0 Å². The monoisotopic (exact) mass is 287 g/mol. The smallest absolute Gasteiger partial charge is 0.244 e. The highest BCUT2D eigenvalue weighted by atomic mass is 16.5. The van der Waals surface area contributed by atoms with Gasteiger partial charge in [-0.1, -0.05) is 35.5 Å². The zero-order valence-corrected chi connectivity index (χ0v) is 12.4. The quantitative estimate of drug-likeness (QED) is 0.934. The number of hydrogen-bond acceptors (Lipinski definition) is 5. The second-order valence-electron chi connectivity index (χ2n) is 5.91. The van der Waals surface area contributed by atoms with Crippen molar-refractivity contribution in [3.8, 4) is 0 Å². The SMILES string of the molecule is CC(C)N1CC(O)CC1c1nc(Cc2ccccc2)no1. The van der Waals surface area contributed by atoms with Crippen LogP contribution < -0.4 is 0 Å². The van der Waals surface area contributed by atoms with Crippen molar-refractivity contribution in [2.45, 2.75) is 44.9 Å². The second-order valence-corrected chi connectivity index (χ2v) is 5.91. The first kappa shape index (κ1) is 14.2. The highest BCUT2D eigenvalue weighted by Crippen LogP contribution is 2.32. The molecule has 2 atom stereocenters. The van der Waals surface area contributed by atoms with Crippen molar-refractivity contribution >= 4 is 0 Å². The predicted octanol–water partition coefficient (Wildman–Crippen LogP) is 2.18. The predicted molar refractivity (Wildman–Crippen MR) is 78.8 cm³/mol. The van der Waals surface area contributed by atoms with Gasteiger partial charge in [-0.3, -0.25) is 4.90 Å². The van der Waals surface area contributed by atoms with Gasteiger partial charge in [0.2, 0.25) is 5.89 Å². The second kappa shape index (κ2) is 5.95. The van der Waals surface area contributed by atoms with E-state index in [-0.39, 0.29) is 12.1 Å². The number of aromatic nitrogens is 2. The lowest BCUT2D eigenvalue weighted by Crippen LogP contribution is -2.31. The van der Waals surface area contributed by atoms with Crippen molar-refractivity contribution in [2.24, 2.45) is 0 Å². The molecule has 1 aromatic carbocycles. The summed E-state index contributed by atoms with van der Waals surface area (Å²) in [6.07, 6.45) is 1.01. The van der Waals surface area contributed by atoms with Crippen LogP contribution in [-0.4, -0.2) is 38.8 Å². The number of benzene rings is 1. The molecule has 1 aromatic heterocycles. The zero-order valence-electron chi connectivity index (χ0n) is 12.4. The van der Waals surface area contributed by atoms with Gasteiger partial charge < -0.3 is 9.63 Å². The molecule has 112 valence electrons. The fraction of sp³-hybridized carbons (Fsp3) is 0.500. The topological polar surface area (TPSA) is 62.4 Å². The number of aliphatic hydroxyl groups excluding tert-OH is 1. The number of nitrogens with zero attached hydrogens (tertiary/aromatic N) is 3. The molecule has 5 heteroatoms. The van der Waals surface area contributed by atoms with Gasteiger partial charge in [0.05, 0.1) is 12.1 Å². The largest absolute Gasteiger partial charge is 0.392 e. The van der Waals surface area contributed by atoms with Crippen molar-refractivity contribution in [3.63, 3.8) is 0 Å². The van der Waals surface area contributed by atoms with Crippen LogP contribution in [0.4, 0.5) is 0 Å². The van der Waals surface area contributed by atoms with Gasteiger partial charge in [0.1, 0.15) is 0 Å². The fourth-order valence-corrected chi connectivity index (χ4v) is 2.90. The third-order valence-electron chi connectivity index (χ3n) is 3.95. The first-order valence-electron chi connectivity index (χ1n) is 7.43. The Labute approximate surface area is 124 Å². The summed E-state index contributed by atoms with van der Waals surface area (Å²) < 4.78 is 5.44. The minimum Gasteiger partial charge on any atom is -0.392 e. The van der Waals surface area contributed by atoms with E-state index >= 15 is 0 Å². The molecular weight excluding hydrogens is 266 g/mol. The lowest BCUT2D eigenvalue weighted by atomic mass is 10.1. The number of likely N-dealkylation sites (tertiary alicyclic amines) is 1. The third-order valence-corrected chi connectivity index (χ3v) is 3.95. The fourth-order valence-electron chi connectivity index (χ4n) is 2.90. The van der Waals surface area contributed by atoms with Crippen LogP contribution in [0.15, 0.2) is 34.9 Å². The molecule has 2 unspecified atom stereocenters. The molecule has 5 nitrogen and oxygen atoms in total. The summed E-state index contributed by atoms with van der Waals surface area (Å²) in [6, 6.07) is 10.5. The Morgan fingerprint density at radius 2 is 2.10 bits per heavy atom. The lowest BCUT2D eigenvalue weighted by molar-refractivity contribution is 0.150. The summed E-state index contributed by atoms with van der Waals surface area (Å²) in [4.78, 5) is 6.74. The highest BCUT2D eigenvalue weighted by Gasteiger charge is 2.37. The molecule has 0 saturated carbocycles. The van der Waals surface area contributed by atoms with Gasteiger partial charge in [-0.2, -0.15) is 4.98 Å². The molecule has 0 aliphatic carbocycles. The average molecular weight is 287 g/mol. The van der Waals surface area contributed by atoms with Crippen molar-refractivity contribution in [1.29, 1.82) is 0 Å². The Hall–Kier alpha value is -1.72. The van der Waals surface area contributed by atoms with Crippen LogP contribution in [0.5, 0.6) is 0 Å². The molecule has 2 heterocycles. The normalized spacial score (nSPS) is 23.0. The van der Waals surface area contributed by atoms with Crippen molar-refractivity contribution in [3.05, 3.63) is 47.6 Å². The van der Waals surface area contributed by atoms with Gasteiger partial charge in [-0.05, 0) is 25.8 Å². The van der Waals surface area contributed by atoms with Crippen molar-refractivity contribution < 1.29 is 9.63 Å². The summed E-state index contributed by atoms with van der Waals surface area (Å²) in [7, 11) is 0. The van der Waals surface area contributed by atoms with Gasteiger partial charge >= 0.3 is 0 Å². The van der Waals surface area contributed by atoms with E-state index in [0.29, 0.717) is 37.1 Å². The Balaban J connectivity index is 1.75. The van der Waals surface area contributed by atoms with E-state index in [0.717, 1.165) is 5.56 Å². The summed E-state index contributed by atoms with van der Waals surface area (Å²) in [5.74, 6) is 1.31. The molecule has 1 fully saturated rings. The summed E-state index contributed by atoms with van der Waals surface area (Å²) in [5, 5.41) is 14.0. The average Bonchev–Trinajstić information content (AvgIpc) is 3.06. The molecule has 0 spiro atoms. The first-order valence-corrected chi connectivity index (χ1v) is 7.43. The highest BCUT2D eigenvalue weighted by molar-refractivity contribution is 5.18. The van der Waals surface area contributed by atoms with Gasteiger partial charge in [0.25, 0.3) is 0 Å². The van der Waals surface area contributed by atoms with Crippen molar-refractivity contribution in [1.82, 2.24) is 15.0 Å². The Morgan fingerprint density at radius 1 is 1.33 bits per heavy atom. The number of β-amino-alcohol motifs (C(OH)–C–C–N with tert-alkyl or cyclic N) is 1. The van der Waals surface area contributed by atoms with Crippen LogP contribution >= 0.6 is 0 Å². The summed E-state index contributed by atoms with van der Waals surface area (Å²) >= 11 is 0. The first-order chi connectivity index (χ1) is 10.1. The standard InChI is InChI=1S/C16H21N3O2/c1-11(2)19-10-13(20)9-14(19)16-17-15(18-21-16)8-12-6-4-3-5-7-12/h3-7,11,13-14,20H,8-10H2,1-2H3. The molecule has 2 aromatic rings.